The Hall–Kier alpha value is -1.84. The first-order valence-corrected chi connectivity index (χ1v) is 4.97. The van der Waals surface area contributed by atoms with E-state index in [9.17, 15) is 4.79 Å². The lowest BCUT2D eigenvalue weighted by atomic mass is 10.2. The SMILES string of the molecule is COC(=O)C=C(C)OC(C)c1ccccn1. The summed E-state index contributed by atoms with van der Waals surface area (Å²) in [6.45, 7) is 3.58. The number of hydrogen-bond donors (Lipinski definition) is 0. The zero-order chi connectivity index (χ0) is 12.0. The first-order chi connectivity index (χ1) is 7.63. The summed E-state index contributed by atoms with van der Waals surface area (Å²) in [5.74, 6) is 0.0794. The number of aromatic nitrogens is 1. The van der Waals surface area contributed by atoms with E-state index >= 15 is 0 Å². The van der Waals surface area contributed by atoms with Gasteiger partial charge in [0, 0.05) is 6.20 Å². The summed E-state index contributed by atoms with van der Waals surface area (Å²) >= 11 is 0. The number of carbonyl (C=O) groups is 1. The molecule has 0 amide bonds. The zero-order valence-corrected chi connectivity index (χ0v) is 9.64. The highest BCUT2D eigenvalue weighted by atomic mass is 16.5. The topological polar surface area (TPSA) is 48.4 Å². The molecule has 86 valence electrons. The van der Waals surface area contributed by atoms with E-state index in [-0.39, 0.29) is 6.10 Å². The molecule has 1 unspecified atom stereocenters. The molecule has 0 N–H and O–H groups in total. The van der Waals surface area contributed by atoms with Crippen molar-refractivity contribution in [2.75, 3.05) is 7.11 Å². The maximum atomic E-state index is 10.9. The summed E-state index contributed by atoms with van der Waals surface area (Å²) in [7, 11) is 1.33. The molecular weight excluding hydrogens is 206 g/mol. The van der Waals surface area contributed by atoms with E-state index in [2.05, 4.69) is 9.72 Å². The predicted molar refractivity (Wildman–Crippen MR) is 59.5 cm³/mol. The highest BCUT2D eigenvalue weighted by molar-refractivity contribution is 5.82. The van der Waals surface area contributed by atoms with Crippen molar-refractivity contribution in [1.82, 2.24) is 4.98 Å². The van der Waals surface area contributed by atoms with Crippen molar-refractivity contribution in [1.29, 1.82) is 0 Å². The van der Waals surface area contributed by atoms with Crippen LogP contribution in [-0.2, 0) is 14.3 Å². The summed E-state index contributed by atoms with van der Waals surface area (Å²) in [6.07, 6.45) is 2.82. The van der Waals surface area contributed by atoms with Gasteiger partial charge in [0.15, 0.2) is 0 Å². The van der Waals surface area contributed by atoms with Crippen molar-refractivity contribution in [3.63, 3.8) is 0 Å². The zero-order valence-electron chi connectivity index (χ0n) is 9.64. The largest absolute Gasteiger partial charge is 0.489 e. The van der Waals surface area contributed by atoms with E-state index in [4.69, 9.17) is 4.74 Å². The van der Waals surface area contributed by atoms with Crippen molar-refractivity contribution in [3.8, 4) is 0 Å². The lowest BCUT2D eigenvalue weighted by molar-refractivity contribution is -0.135. The smallest absolute Gasteiger partial charge is 0.333 e. The van der Waals surface area contributed by atoms with Gasteiger partial charge in [0.1, 0.15) is 11.9 Å². The van der Waals surface area contributed by atoms with Gasteiger partial charge in [-0.25, -0.2) is 4.79 Å². The van der Waals surface area contributed by atoms with Gasteiger partial charge in [0.25, 0.3) is 0 Å². The van der Waals surface area contributed by atoms with Gasteiger partial charge in [0.05, 0.1) is 18.9 Å². The minimum Gasteiger partial charge on any atom is -0.489 e. The second-order valence-corrected chi connectivity index (χ2v) is 3.29. The van der Waals surface area contributed by atoms with Crippen LogP contribution in [0, 0.1) is 0 Å². The number of nitrogens with zero attached hydrogens (tertiary/aromatic N) is 1. The standard InChI is InChI=1S/C12H15NO3/c1-9(8-12(14)15-3)16-10(2)11-6-4-5-7-13-11/h4-8,10H,1-3H3. The summed E-state index contributed by atoms with van der Waals surface area (Å²) < 4.78 is 10.0. The van der Waals surface area contributed by atoms with Crippen LogP contribution in [0.3, 0.4) is 0 Å². The van der Waals surface area contributed by atoms with Crippen molar-refractivity contribution in [3.05, 3.63) is 41.9 Å². The molecule has 0 aliphatic carbocycles. The molecule has 4 nitrogen and oxygen atoms in total. The van der Waals surface area contributed by atoms with Gasteiger partial charge in [-0.15, -0.1) is 0 Å². The van der Waals surface area contributed by atoms with E-state index in [0.29, 0.717) is 5.76 Å². The predicted octanol–water partition coefficient (Wildman–Crippen LogP) is 2.24. The van der Waals surface area contributed by atoms with Gasteiger partial charge in [0.2, 0.25) is 0 Å². The molecule has 0 aromatic carbocycles. The molecule has 0 aliphatic heterocycles. The molecule has 0 spiro atoms. The van der Waals surface area contributed by atoms with E-state index in [1.165, 1.54) is 13.2 Å². The molecule has 0 radical (unpaired) electrons. The van der Waals surface area contributed by atoms with Crippen molar-refractivity contribution in [2.45, 2.75) is 20.0 Å². The Bertz CT molecular complexity index is 373. The van der Waals surface area contributed by atoms with Crippen molar-refractivity contribution in [2.24, 2.45) is 0 Å². The van der Waals surface area contributed by atoms with Crippen LogP contribution < -0.4 is 0 Å². The molecule has 1 aromatic heterocycles. The van der Waals surface area contributed by atoms with Gasteiger partial charge < -0.3 is 9.47 Å². The first-order valence-electron chi connectivity index (χ1n) is 4.97. The number of methoxy groups -OCH3 is 1. The van der Waals surface area contributed by atoms with Crippen LogP contribution in [0.15, 0.2) is 36.2 Å². The molecule has 1 atom stereocenters. The summed E-state index contributed by atoms with van der Waals surface area (Å²) in [6, 6.07) is 5.60. The van der Waals surface area contributed by atoms with Crippen LogP contribution >= 0.6 is 0 Å². The number of esters is 1. The quantitative estimate of drug-likeness (QED) is 0.444. The van der Waals surface area contributed by atoms with Crippen LogP contribution in [0.2, 0.25) is 0 Å². The highest BCUT2D eigenvalue weighted by Crippen LogP contribution is 2.17. The lowest BCUT2D eigenvalue weighted by Gasteiger charge is -2.13. The third-order valence-corrected chi connectivity index (χ3v) is 1.99. The van der Waals surface area contributed by atoms with Crippen LogP contribution in [0.4, 0.5) is 0 Å². The number of hydrogen-bond acceptors (Lipinski definition) is 4. The van der Waals surface area contributed by atoms with Crippen LogP contribution in [-0.4, -0.2) is 18.1 Å². The molecular formula is C12H15NO3. The number of ether oxygens (including phenoxy) is 2. The van der Waals surface area contributed by atoms with Gasteiger partial charge >= 0.3 is 5.97 Å². The van der Waals surface area contributed by atoms with E-state index in [1.54, 1.807) is 13.1 Å². The Morgan fingerprint density at radius 1 is 1.50 bits per heavy atom. The average molecular weight is 221 g/mol. The average Bonchev–Trinajstić information content (AvgIpc) is 2.29. The first kappa shape index (κ1) is 12.2. The Kier molecular flexibility index (Phi) is 4.51. The van der Waals surface area contributed by atoms with Crippen LogP contribution in [0.5, 0.6) is 0 Å². The molecule has 0 aliphatic rings. The van der Waals surface area contributed by atoms with Gasteiger partial charge in [-0.1, -0.05) is 6.07 Å². The molecule has 4 heteroatoms. The van der Waals surface area contributed by atoms with Gasteiger partial charge in [-0.3, -0.25) is 4.98 Å². The maximum Gasteiger partial charge on any atom is 0.333 e. The Morgan fingerprint density at radius 3 is 2.81 bits per heavy atom. The molecule has 16 heavy (non-hydrogen) atoms. The minimum atomic E-state index is -0.425. The maximum absolute atomic E-state index is 10.9. The normalized spacial score (nSPS) is 13.1. The fourth-order valence-electron chi connectivity index (χ4n) is 1.21. The van der Waals surface area contributed by atoms with Gasteiger partial charge in [-0.05, 0) is 26.0 Å². The minimum absolute atomic E-state index is 0.192. The molecule has 1 rings (SSSR count). The fourth-order valence-corrected chi connectivity index (χ4v) is 1.21. The fraction of sp³-hybridized carbons (Fsp3) is 0.333. The number of carbonyl (C=O) groups excluding carboxylic acids is 1. The summed E-state index contributed by atoms with van der Waals surface area (Å²) in [5, 5.41) is 0. The Morgan fingerprint density at radius 2 is 2.25 bits per heavy atom. The number of pyridine rings is 1. The van der Waals surface area contributed by atoms with E-state index in [1.807, 2.05) is 25.1 Å². The lowest BCUT2D eigenvalue weighted by Crippen LogP contribution is -2.03. The molecule has 1 heterocycles. The van der Waals surface area contributed by atoms with E-state index < -0.39 is 5.97 Å². The third kappa shape index (κ3) is 3.73. The second-order valence-electron chi connectivity index (χ2n) is 3.29. The highest BCUT2D eigenvalue weighted by Gasteiger charge is 2.08. The van der Waals surface area contributed by atoms with Gasteiger partial charge in [-0.2, -0.15) is 0 Å². The number of rotatable bonds is 4. The van der Waals surface area contributed by atoms with E-state index in [0.717, 1.165) is 5.69 Å². The van der Waals surface area contributed by atoms with Crippen LogP contribution in [0.25, 0.3) is 0 Å². The summed E-state index contributed by atoms with van der Waals surface area (Å²) in [4.78, 5) is 15.1. The molecule has 0 saturated heterocycles. The van der Waals surface area contributed by atoms with Crippen molar-refractivity contribution < 1.29 is 14.3 Å². The molecule has 0 fully saturated rings. The monoisotopic (exact) mass is 221 g/mol. The third-order valence-electron chi connectivity index (χ3n) is 1.99. The second kappa shape index (κ2) is 5.90. The molecule has 0 bridgehead atoms. The molecule has 0 saturated carbocycles. The summed E-state index contributed by atoms with van der Waals surface area (Å²) in [5.41, 5.74) is 0.820. The molecule has 1 aromatic rings. The Balaban J connectivity index is 2.61. The van der Waals surface area contributed by atoms with Crippen LogP contribution in [0.1, 0.15) is 25.6 Å². The Labute approximate surface area is 94.9 Å². The van der Waals surface area contributed by atoms with Crippen molar-refractivity contribution >= 4 is 5.97 Å². The number of allylic oxidation sites excluding steroid dienone is 1.